The quantitative estimate of drug-likeness (QED) is 0.763. The summed E-state index contributed by atoms with van der Waals surface area (Å²) in [5.74, 6) is -1.90. The third-order valence-electron chi connectivity index (χ3n) is 2.34. The van der Waals surface area contributed by atoms with E-state index in [1.54, 1.807) is 12.1 Å². The maximum absolute atomic E-state index is 11.8. The van der Waals surface area contributed by atoms with E-state index in [2.05, 4.69) is 15.3 Å². The average Bonchev–Trinajstić information content (AvgIpc) is 2.89. The molecule has 0 radical (unpaired) electrons. The van der Waals surface area contributed by atoms with E-state index in [9.17, 15) is 9.59 Å². The van der Waals surface area contributed by atoms with Crippen LogP contribution in [0.25, 0.3) is 0 Å². The second-order valence-corrected chi connectivity index (χ2v) is 3.57. The highest BCUT2D eigenvalue weighted by Crippen LogP contribution is 2.11. The van der Waals surface area contributed by atoms with Gasteiger partial charge in [0.1, 0.15) is 0 Å². The van der Waals surface area contributed by atoms with Crippen molar-refractivity contribution < 1.29 is 14.7 Å². The highest BCUT2D eigenvalue weighted by atomic mass is 16.4. The summed E-state index contributed by atoms with van der Waals surface area (Å²) < 4.78 is 0. The SMILES string of the molecule is N#Cc1ccc(NC(=O)c2nc[nH]c2C(=O)O)cc1. The van der Waals surface area contributed by atoms with Crippen molar-refractivity contribution in [3.63, 3.8) is 0 Å². The van der Waals surface area contributed by atoms with Gasteiger partial charge in [-0.25, -0.2) is 9.78 Å². The molecule has 1 aromatic carbocycles. The van der Waals surface area contributed by atoms with Gasteiger partial charge in [0.2, 0.25) is 0 Å². The Labute approximate surface area is 107 Å². The van der Waals surface area contributed by atoms with Crippen molar-refractivity contribution in [2.45, 2.75) is 0 Å². The first-order valence-corrected chi connectivity index (χ1v) is 5.20. The van der Waals surface area contributed by atoms with Gasteiger partial charge in [0, 0.05) is 5.69 Å². The summed E-state index contributed by atoms with van der Waals surface area (Å²) in [6.07, 6.45) is 1.14. The number of carbonyl (C=O) groups is 2. The average molecular weight is 256 g/mol. The van der Waals surface area contributed by atoms with Gasteiger partial charge in [-0.3, -0.25) is 4.79 Å². The maximum Gasteiger partial charge on any atom is 0.354 e. The van der Waals surface area contributed by atoms with E-state index in [4.69, 9.17) is 10.4 Å². The van der Waals surface area contributed by atoms with Gasteiger partial charge in [0.05, 0.1) is 18.0 Å². The van der Waals surface area contributed by atoms with E-state index in [1.807, 2.05) is 6.07 Å². The number of carbonyl (C=O) groups excluding carboxylic acids is 1. The molecule has 0 unspecified atom stereocenters. The molecular formula is C12H8N4O3. The Morgan fingerprint density at radius 2 is 2.00 bits per heavy atom. The zero-order valence-electron chi connectivity index (χ0n) is 9.54. The number of carboxylic acids is 1. The van der Waals surface area contributed by atoms with Crippen LogP contribution in [0.1, 0.15) is 26.5 Å². The monoisotopic (exact) mass is 256 g/mol. The zero-order chi connectivity index (χ0) is 13.8. The lowest BCUT2D eigenvalue weighted by Gasteiger charge is -2.03. The van der Waals surface area contributed by atoms with Crippen LogP contribution in [0.5, 0.6) is 0 Å². The Morgan fingerprint density at radius 1 is 1.32 bits per heavy atom. The molecule has 19 heavy (non-hydrogen) atoms. The van der Waals surface area contributed by atoms with Crippen LogP contribution in [0.2, 0.25) is 0 Å². The van der Waals surface area contributed by atoms with Crippen molar-refractivity contribution in [1.29, 1.82) is 5.26 Å². The number of amides is 1. The van der Waals surface area contributed by atoms with Gasteiger partial charge in [-0.2, -0.15) is 5.26 Å². The van der Waals surface area contributed by atoms with E-state index in [0.29, 0.717) is 11.3 Å². The van der Waals surface area contributed by atoms with Crippen molar-refractivity contribution in [3.8, 4) is 6.07 Å². The normalized spacial score (nSPS) is 9.63. The molecule has 1 heterocycles. The van der Waals surface area contributed by atoms with Crippen molar-refractivity contribution in [3.05, 3.63) is 47.5 Å². The van der Waals surface area contributed by atoms with Crippen LogP contribution in [0.15, 0.2) is 30.6 Å². The molecular weight excluding hydrogens is 248 g/mol. The lowest BCUT2D eigenvalue weighted by molar-refractivity contribution is 0.0686. The van der Waals surface area contributed by atoms with E-state index in [-0.39, 0.29) is 11.4 Å². The number of benzene rings is 1. The molecule has 1 aromatic heterocycles. The number of hydrogen-bond acceptors (Lipinski definition) is 4. The Balaban J connectivity index is 2.19. The number of nitrogens with zero attached hydrogens (tertiary/aromatic N) is 2. The lowest BCUT2D eigenvalue weighted by Crippen LogP contribution is -2.16. The van der Waals surface area contributed by atoms with Gasteiger partial charge >= 0.3 is 5.97 Å². The van der Waals surface area contributed by atoms with Gasteiger partial charge in [-0.15, -0.1) is 0 Å². The van der Waals surface area contributed by atoms with E-state index in [0.717, 1.165) is 6.33 Å². The van der Waals surface area contributed by atoms with Crippen molar-refractivity contribution in [2.24, 2.45) is 0 Å². The number of aromatic nitrogens is 2. The summed E-state index contributed by atoms with van der Waals surface area (Å²) in [5.41, 5.74) is 0.440. The Bertz CT molecular complexity index is 667. The fourth-order valence-electron chi connectivity index (χ4n) is 1.45. The molecule has 0 saturated carbocycles. The number of hydrogen-bond donors (Lipinski definition) is 3. The van der Waals surface area contributed by atoms with Crippen LogP contribution in [0.3, 0.4) is 0 Å². The van der Waals surface area contributed by atoms with Crippen LogP contribution >= 0.6 is 0 Å². The first kappa shape index (κ1) is 12.3. The molecule has 3 N–H and O–H groups in total. The summed E-state index contributed by atoms with van der Waals surface area (Å²) in [5, 5.41) is 20.0. The fraction of sp³-hybridized carbons (Fsp3) is 0. The number of nitrogens with one attached hydrogen (secondary N) is 2. The topological polar surface area (TPSA) is 119 Å². The van der Waals surface area contributed by atoms with Crippen molar-refractivity contribution >= 4 is 17.6 Å². The first-order chi connectivity index (χ1) is 9.11. The molecule has 0 aliphatic rings. The number of nitriles is 1. The minimum atomic E-state index is -1.26. The van der Waals surface area contributed by atoms with E-state index in [1.165, 1.54) is 12.1 Å². The van der Waals surface area contributed by atoms with Crippen LogP contribution in [-0.2, 0) is 0 Å². The molecule has 0 aliphatic heterocycles. The van der Waals surface area contributed by atoms with E-state index >= 15 is 0 Å². The smallest absolute Gasteiger partial charge is 0.354 e. The van der Waals surface area contributed by atoms with Crippen molar-refractivity contribution in [2.75, 3.05) is 5.32 Å². The molecule has 7 nitrogen and oxygen atoms in total. The summed E-state index contributed by atoms with van der Waals surface area (Å²) >= 11 is 0. The van der Waals surface area contributed by atoms with Gasteiger partial charge < -0.3 is 15.4 Å². The van der Waals surface area contributed by atoms with Crippen LogP contribution in [0.4, 0.5) is 5.69 Å². The zero-order valence-corrected chi connectivity index (χ0v) is 9.54. The van der Waals surface area contributed by atoms with Gasteiger partial charge in [0.25, 0.3) is 5.91 Å². The number of aromatic carboxylic acids is 1. The van der Waals surface area contributed by atoms with Gasteiger partial charge in [0.15, 0.2) is 11.4 Å². The Kier molecular flexibility index (Phi) is 3.25. The number of anilines is 1. The van der Waals surface area contributed by atoms with Gasteiger partial charge in [-0.1, -0.05) is 0 Å². The van der Waals surface area contributed by atoms with Crippen LogP contribution in [0, 0.1) is 11.3 Å². The highest BCUT2D eigenvalue weighted by molar-refractivity contribution is 6.08. The predicted octanol–water partition coefficient (Wildman–Crippen LogP) is 1.23. The summed E-state index contributed by atoms with van der Waals surface area (Å²) in [6, 6.07) is 8.12. The second kappa shape index (κ2) is 5.01. The molecule has 0 fully saturated rings. The second-order valence-electron chi connectivity index (χ2n) is 3.57. The maximum atomic E-state index is 11.8. The minimum Gasteiger partial charge on any atom is -0.477 e. The largest absolute Gasteiger partial charge is 0.477 e. The molecule has 0 aliphatic carbocycles. The molecule has 0 bridgehead atoms. The molecule has 0 saturated heterocycles. The van der Waals surface area contributed by atoms with E-state index < -0.39 is 11.9 Å². The lowest BCUT2D eigenvalue weighted by atomic mass is 10.2. The first-order valence-electron chi connectivity index (χ1n) is 5.20. The molecule has 0 spiro atoms. The molecule has 1 amide bonds. The Hall–Kier alpha value is -3.14. The third-order valence-corrected chi connectivity index (χ3v) is 2.34. The van der Waals surface area contributed by atoms with Crippen molar-refractivity contribution in [1.82, 2.24) is 9.97 Å². The number of aromatic amines is 1. The highest BCUT2D eigenvalue weighted by Gasteiger charge is 2.19. The summed E-state index contributed by atoms with van der Waals surface area (Å²) in [6.45, 7) is 0. The predicted molar refractivity (Wildman–Crippen MR) is 64.7 cm³/mol. The molecule has 0 atom stereocenters. The summed E-state index contributed by atoms with van der Waals surface area (Å²) in [7, 11) is 0. The van der Waals surface area contributed by atoms with Gasteiger partial charge in [-0.05, 0) is 24.3 Å². The Morgan fingerprint density at radius 3 is 2.58 bits per heavy atom. The molecule has 94 valence electrons. The van der Waals surface area contributed by atoms with Crippen LogP contribution < -0.4 is 5.32 Å². The molecule has 2 aromatic rings. The number of H-pyrrole nitrogens is 1. The molecule has 7 heteroatoms. The molecule has 2 rings (SSSR count). The third kappa shape index (κ3) is 2.58. The number of rotatable bonds is 3. The fourth-order valence-corrected chi connectivity index (χ4v) is 1.45. The number of imidazole rings is 1. The summed E-state index contributed by atoms with van der Waals surface area (Å²) in [4.78, 5) is 28.7. The number of carboxylic acid groups (broad SMARTS) is 1. The van der Waals surface area contributed by atoms with Crippen LogP contribution in [-0.4, -0.2) is 27.0 Å². The minimum absolute atomic E-state index is 0.197. The standard InChI is InChI=1S/C12H8N4O3/c13-5-7-1-3-8(4-2-7)16-11(17)9-10(12(18)19)15-6-14-9/h1-4,6H,(H,14,15)(H,16,17)(H,18,19).